The van der Waals surface area contributed by atoms with Crippen LogP contribution in [0.5, 0.6) is 0 Å². The molecule has 1 saturated carbocycles. The Bertz CT molecular complexity index is 1720. The zero-order valence-corrected chi connectivity index (χ0v) is 30.0. The lowest BCUT2D eigenvalue weighted by atomic mass is 9.72. The maximum absolute atomic E-state index is 14.0. The lowest BCUT2D eigenvalue weighted by molar-refractivity contribution is -0.132. The van der Waals surface area contributed by atoms with E-state index >= 15 is 0 Å². The molecule has 0 atom stereocenters. The van der Waals surface area contributed by atoms with Crippen LogP contribution in [0, 0.1) is 23.2 Å². The van der Waals surface area contributed by atoms with Crippen molar-refractivity contribution in [2.75, 3.05) is 0 Å². The van der Waals surface area contributed by atoms with Crippen LogP contribution in [0.4, 0.5) is 0 Å². The highest BCUT2D eigenvalue weighted by Crippen LogP contribution is 2.44. The highest BCUT2D eigenvalue weighted by molar-refractivity contribution is 6.09. The summed E-state index contributed by atoms with van der Waals surface area (Å²) >= 11 is 0. The van der Waals surface area contributed by atoms with Gasteiger partial charge in [0, 0.05) is 28.8 Å². The molecule has 0 aromatic carbocycles. The van der Waals surface area contributed by atoms with Crippen LogP contribution in [0.1, 0.15) is 135 Å². The first kappa shape index (κ1) is 37.3. The molecule has 0 radical (unpaired) electrons. The molecular formula is C42H53NO4. The van der Waals surface area contributed by atoms with E-state index in [0.717, 1.165) is 53.6 Å². The Balaban J connectivity index is 1.97. The molecule has 0 unspecified atom stereocenters. The summed E-state index contributed by atoms with van der Waals surface area (Å²) in [6.07, 6.45) is 17.7. The summed E-state index contributed by atoms with van der Waals surface area (Å²) in [5.74, 6) is 1.58. The van der Waals surface area contributed by atoms with Gasteiger partial charge in [-0.3, -0.25) is 4.79 Å². The number of hydrogen-bond acceptors (Lipinski definition) is 4. The maximum Gasteiger partial charge on any atom is 0.337 e. The van der Waals surface area contributed by atoms with E-state index in [4.69, 9.17) is 15.8 Å². The van der Waals surface area contributed by atoms with Crippen LogP contribution in [-0.2, 0) is 10.2 Å². The van der Waals surface area contributed by atoms with Gasteiger partial charge in [-0.05, 0) is 85.0 Å². The number of carbonyl (C=O) groups excluding carboxylic acids is 1. The molecule has 2 aromatic heterocycles. The van der Waals surface area contributed by atoms with E-state index in [-0.39, 0.29) is 28.1 Å². The SMILES string of the molecule is C#CC(=C=C)\C(=C/C=C(C)/C(=C/CCC)CC(C)(C)C(=C)C(=O)c1cc2nc(C3CCC(C)(C)CC3)cc(C(C)(C)C)c2o1)C(=O)O. The van der Waals surface area contributed by atoms with Crippen molar-refractivity contribution in [2.45, 2.75) is 119 Å². The Morgan fingerprint density at radius 2 is 1.79 bits per heavy atom. The summed E-state index contributed by atoms with van der Waals surface area (Å²) in [6, 6.07) is 3.99. The number of Topliss-reactive ketones (excluding diaryl/α,β-unsaturated/α-hetero) is 1. The maximum atomic E-state index is 14.0. The summed E-state index contributed by atoms with van der Waals surface area (Å²) in [5.41, 5.74) is 7.92. The van der Waals surface area contributed by atoms with Gasteiger partial charge < -0.3 is 9.52 Å². The fraction of sp³-hybridized carbons (Fsp3) is 0.476. The molecule has 2 aromatic rings. The lowest BCUT2D eigenvalue weighted by Gasteiger charge is -2.34. The number of ketones is 1. The molecule has 0 saturated heterocycles. The summed E-state index contributed by atoms with van der Waals surface area (Å²) < 4.78 is 6.34. The van der Waals surface area contributed by atoms with Gasteiger partial charge in [-0.2, -0.15) is 0 Å². The molecule has 5 heteroatoms. The predicted octanol–water partition coefficient (Wildman–Crippen LogP) is 11.0. The van der Waals surface area contributed by atoms with Gasteiger partial charge in [0.1, 0.15) is 5.52 Å². The van der Waals surface area contributed by atoms with Gasteiger partial charge in [-0.15, -0.1) is 12.2 Å². The second-order valence-corrected chi connectivity index (χ2v) is 15.4. The van der Waals surface area contributed by atoms with Gasteiger partial charge in [0.05, 0.1) is 11.1 Å². The molecule has 250 valence electrons. The van der Waals surface area contributed by atoms with Gasteiger partial charge in [0.25, 0.3) is 0 Å². The van der Waals surface area contributed by atoms with Crippen molar-refractivity contribution in [3.05, 3.63) is 94.1 Å². The first-order valence-corrected chi connectivity index (χ1v) is 16.7. The van der Waals surface area contributed by atoms with Crippen molar-refractivity contribution in [1.82, 2.24) is 4.98 Å². The molecule has 0 bridgehead atoms. The van der Waals surface area contributed by atoms with E-state index in [2.05, 4.69) is 78.5 Å². The van der Waals surface area contributed by atoms with E-state index in [1.54, 1.807) is 12.1 Å². The highest BCUT2D eigenvalue weighted by Gasteiger charge is 2.33. The van der Waals surface area contributed by atoms with Crippen LogP contribution in [-0.4, -0.2) is 21.8 Å². The average molecular weight is 636 g/mol. The third kappa shape index (κ3) is 9.03. The van der Waals surface area contributed by atoms with Gasteiger partial charge in [-0.25, -0.2) is 9.78 Å². The number of allylic oxidation sites excluding steroid dienone is 6. The number of furan rings is 1. The van der Waals surface area contributed by atoms with Crippen molar-refractivity contribution in [1.29, 1.82) is 0 Å². The number of fused-ring (bicyclic) bond motifs is 1. The first-order valence-electron chi connectivity index (χ1n) is 16.7. The quantitative estimate of drug-likeness (QED) is 0.0825. The molecule has 0 amide bonds. The van der Waals surface area contributed by atoms with Crippen LogP contribution in [0.2, 0.25) is 0 Å². The van der Waals surface area contributed by atoms with Crippen molar-refractivity contribution in [3.8, 4) is 12.3 Å². The lowest BCUT2D eigenvalue weighted by Crippen LogP contribution is -2.21. The molecular weight excluding hydrogens is 582 g/mol. The van der Waals surface area contributed by atoms with Crippen molar-refractivity contribution in [2.24, 2.45) is 10.8 Å². The first-order chi connectivity index (χ1) is 21.8. The average Bonchev–Trinajstić information content (AvgIpc) is 3.43. The van der Waals surface area contributed by atoms with Gasteiger partial charge in [0.15, 0.2) is 11.3 Å². The number of rotatable bonds is 12. The number of carboxylic acids is 1. The molecule has 5 nitrogen and oxygen atoms in total. The molecule has 1 fully saturated rings. The number of unbranched alkanes of at least 4 members (excludes halogenated alkanes) is 1. The number of carbonyl (C=O) groups is 2. The van der Waals surface area contributed by atoms with Gasteiger partial charge in [0.2, 0.25) is 5.78 Å². The van der Waals surface area contributed by atoms with E-state index in [9.17, 15) is 14.7 Å². The Morgan fingerprint density at radius 3 is 2.32 bits per heavy atom. The number of aromatic nitrogens is 1. The minimum atomic E-state index is -1.15. The number of terminal acetylenes is 1. The topological polar surface area (TPSA) is 80.4 Å². The Labute approximate surface area is 282 Å². The summed E-state index contributed by atoms with van der Waals surface area (Å²) in [6.45, 7) is 27.0. The Hall–Kier alpha value is -4.13. The molecule has 47 heavy (non-hydrogen) atoms. The van der Waals surface area contributed by atoms with Crippen LogP contribution >= 0.6 is 0 Å². The van der Waals surface area contributed by atoms with Crippen LogP contribution in [0.3, 0.4) is 0 Å². The number of aliphatic carboxylic acids is 1. The minimum Gasteiger partial charge on any atom is -0.478 e. The molecule has 3 rings (SSSR count). The zero-order chi connectivity index (χ0) is 35.3. The molecule has 2 heterocycles. The molecule has 1 N–H and O–H groups in total. The molecule has 0 aliphatic heterocycles. The predicted molar refractivity (Wildman–Crippen MR) is 194 cm³/mol. The van der Waals surface area contributed by atoms with Crippen LogP contribution < -0.4 is 0 Å². The number of carboxylic acid groups (broad SMARTS) is 1. The Morgan fingerprint density at radius 1 is 1.15 bits per heavy atom. The zero-order valence-electron chi connectivity index (χ0n) is 30.0. The monoisotopic (exact) mass is 635 g/mol. The van der Waals surface area contributed by atoms with E-state index < -0.39 is 11.4 Å². The fourth-order valence-corrected chi connectivity index (χ4v) is 6.15. The van der Waals surface area contributed by atoms with Crippen LogP contribution in [0.15, 0.2) is 81.5 Å². The van der Waals surface area contributed by atoms with Crippen molar-refractivity contribution >= 4 is 22.9 Å². The normalized spacial score (nSPS) is 16.5. The third-order valence-electron chi connectivity index (χ3n) is 9.52. The summed E-state index contributed by atoms with van der Waals surface area (Å²) in [5, 5.41) is 9.68. The number of pyridine rings is 1. The standard InChI is InChI=1S/C42H53NO4/c1-13-16-17-31(27(4)18-19-32(39(45)46)29(14-2)15-3)26-42(11,12)28(5)37(44)36-25-35-38(47-36)33(40(6,7)8)24-34(43-35)30-20-22-41(9,10)23-21-30/h2,17-19,24-25,30H,3,5,13,16,20-23,26H2,1,4,6-12H3,(H,45,46)/b27-18+,31-17+,32-19+. The number of hydrogen-bond donors (Lipinski definition) is 1. The fourth-order valence-electron chi connectivity index (χ4n) is 6.15. The third-order valence-corrected chi connectivity index (χ3v) is 9.52. The van der Waals surface area contributed by atoms with Crippen molar-refractivity contribution in [3.63, 3.8) is 0 Å². The molecule has 1 aliphatic carbocycles. The molecule has 0 spiro atoms. The molecule has 1 aliphatic rings. The summed E-state index contributed by atoms with van der Waals surface area (Å²) in [4.78, 5) is 30.9. The van der Waals surface area contributed by atoms with Gasteiger partial charge in [-0.1, -0.05) is 93.0 Å². The van der Waals surface area contributed by atoms with Crippen LogP contribution in [0.25, 0.3) is 11.1 Å². The minimum absolute atomic E-state index is 0.0563. The smallest absolute Gasteiger partial charge is 0.337 e. The second-order valence-electron chi connectivity index (χ2n) is 15.4. The number of nitrogens with zero attached hydrogens (tertiary/aromatic N) is 1. The van der Waals surface area contributed by atoms with E-state index in [1.807, 2.05) is 20.8 Å². The second kappa shape index (κ2) is 14.7. The van der Waals surface area contributed by atoms with Gasteiger partial charge >= 0.3 is 5.97 Å². The Kier molecular flexibility index (Phi) is 11.7. The largest absolute Gasteiger partial charge is 0.478 e. The summed E-state index contributed by atoms with van der Waals surface area (Å²) in [7, 11) is 0. The van der Waals surface area contributed by atoms with Crippen molar-refractivity contribution < 1.29 is 19.1 Å². The van der Waals surface area contributed by atoms with E-state index in [0.29, 0.717) is 28.9 Å². The highest BCUT2D eigenvalue weighted by atomic mass is 16.4. The van der Waals surface area contributed by atoms with E-state index in [1.165, 1.54) is 18.9 Å².